The van der Waals surface area contributed by atoms with Crippen LogP contribution < -0.4 is 10.1 Å². The first kappa shape index (κ1) is 17.3. The predicted octanol–water partition coefficient (Wildman–Crippen LogP) is 3.96. The zero-order chi connectivity index (χ0) is 17.6. The summed E-state index contributed by atoms with van der Waals surface area (Å²) in [5.41, 5.74) is 1.63. The molecule has 0 aliphatic carbocycles. The molecule has 0 aliphatic rings. The molecule has 0 saturated heterocycles. The van der Waals surface area contributed by atoms with Crippen molar-refractivity contribution in [3.63, 3.8) is 0 Å². The van der Waals surface area contributed by atoms with Gasteiger partial charge in [0.15, 0.2) is 4.34 Å². The second-order valence-electron chi connectivity index (χ2n) is 4.79. The highest BCUT2D eigenvalue weighted by Gasteiger charge is 2.16. The Morgan fingerprint density at radius 1 is 1.32 bits per heavy atom. The Kier molecular flexibility index (Phi) is 5.56. The van der Waals surface area contributed by atoms with Crippen LogP contribution in [0.2, 0.25) is 0 Å². The molecule has 0 atom stereocenters. The Labute approximate surface area is 152 Å². The van der Waals surface area contributed by atoms with Gasteiger partial charge in [-0.05, 0) is 18.2 Å². The van der Waals surface area contributed by atoms with Crippen molar-refractivity contribution in [3.8, 4) is 5.75 Å². The summed E-state index contributed by atoms with van der Waals surface area (Å²) < 4.78 is 15.8. The Bertz CT molecular complexity index is 862. The van der Waals surface area contributed by atoms with Gasteiger partial charge in [0.1, 0.15) is 5.75 Å². The van der Waals surface area contributed by atoms with Gasteiger partial charge in [-0.15, -0.1) is 10.2 Å². The number of aromatic nitrogens is 2. The molecule has 1 N–H and O–H groups in total. The van der Waals surface area contributed by atoms with Crippen molar-refractivity contribution in [1.82, 2.24) is 10.2 Å². The molecule has 25 heavy (non-hydrogen) atoms. The minimum atomic E-state index is -0.488. The summed E-state index contributed by atoms with van der Waals surface area (Å²) in [6, 6.07) is 9.31. The minimum Gasteiger partial charge on any atom is -0.497 e. The molecular formula is C16H15N3O4S2. The lowest BCUT2D eigenvalue weighted by Crippen LogP contribution is -2.02. The van der Waals surface area contributed by atoms with E-state index in [0.29, 0.717) is 10.9 Å². The second-order valence-corrected chi connectivity index (χ2v) is 6.99. The van der Waals surface area contributed by atoms with Gasteiger partial charge < -0.3 is 19.2 Å². The van der Waals surface area contributed by atoms with Crippen LogP contribution in [-0.4, -0.2) is 30.4 Å². The lowest BCUT2D eigenvalue weighted by molar-refractivity contribution is 0.0564. The van der Waals surface area contributed by atoms with E-state index < -0.39 is 5.97 Å². The average Bonchev–Trinajstić information content (AvgIpc) is 3.28. The maximum atomic E-state index is 11.6. The number of nitrogens with zero attached hydrogens (tertiary/aromatic N) is 2. The molecule has 0 bridgehead atoms. The number of ether oxygens (including phenoxy) is 2. The number of carbonyl (C=O) groups is 1. The number of methoxy groups -OCH3 is 2. The summed E-state index contributed by atoms with van der Waals surface area (Å²) in [7, 11) is 2.94. The minimum absolute atomic E-state index is 0.217. The van der Waals surface area contributed by atoms with Crippen LogP contribution in [-0.2, 0) is 10.5 Å². The Morgan fingerprint density at radius 2 is 2.20 bits per heavy atom. The van der Waals surface area contributed by atoms with E-state index in [9.17, 15) is 4.79 Å². The number of carbonyl (C=O) groups excluding carboxylic acids is 1. The summed E-state index contributed by atoms with van der Waals surface area (Å²) >= 11 is 2.90. The average molecular weight is 377 g/mol. The fourth-order valence-electron chi connectivity index (χ4n) is 2.00. The van der Waals surface area contributed by atoms with Gasteiger partial charge in [0.05, 0.1) is 20.5 Å². The quantitative estimate of drug-likeness (QED) is 0.489. The monoisotopic (exact) mass is 377 g/mol. The lowest BCUT2D eigenvalue weighted by Gasteiger charge is -2.04. The number of hydrogen-bond acceptors (Lipinski definition) is 9. The van der Waals surface area contributed by atoms with Crippen molar-refractivity contribution in [2.75, 3.05) is 19.5 Å². The number of benzene rings is 1. The molecule has 0 radical (unpaired) electrons. The van der Waals surface area contributed by atoms with Gasteiger partial charge in [0.2, 0.25) is 10.9 Å². The molecule has 0 fully saturated rings. The molecule has 2 heterocycles. The van der Waals surface area contributed by atoms with Gasteiger partial charge in [-0.3, -0.25) is 0 Å². The predicted molar refractivity (Wildman–Crippen MR) is 95.8 cm³/mol. The van der Waals surface area contributed by atoms with Crippen LogP contribution in [0.1, 0.15) is 16.1 Å². The van der Waals surface area contributed by atoms with E-state index in [1.165, 1.54) is 36.5 Å². The van der Waals surface area contributed by atoms with Crippen LogP contribution in [0.3, 0.4) is 0 Å². The smallest absolute Gasteiger partial charge is 0.374 e. The van der Waals surface area contributed by atoms with E-state index >= 15 is 0 Å². The third kappa shape index (κ3) is 4.31. The SMILES string of the molecule is COC(=O)c1occc1CSc1nnc(Nc2cccc(OC)c2)s1. The zero-order valence-corrected chi connectivity index (χ0v) is 15.1. The molecule has 0 amide bonds. The molecule has 7 nitrogen and oxygen atoms in total. The van der Waals surface area contributed by atoms with Gasteiger partial charge in [0, 0.05) is 23.1 Å². The maximum Gasteiger partial charge on any atom is 0.374 e. The third-order valence-corrected chi connectivity index (χ3v) is 5.22. The fourth-order valence-corrected chi connectivity index (χ4v) is 3.76. The van der Waals surface area contributed by atoms with E-state index in [1.807, 2.05) is 24.3 Å². The summed E-state index contributed by atoms with van der Waals surface area (Å²) in [6.07, 6.45) is 1.47. The number of esters is 1. The van der Waals surface area contributed by atoms with Crippen molar-refractivity contribution in [3.05, 3.63) is 47.9 Å². The van der Waals surface area contributed by atoms with Crippen molar-refractivity contribution >= 4 is 39.9 Å². The van der Waals surface area contributed by atoms with E-state index in [2.05, 4.69) is 20.3 Å². The highest BCUT2D eigenvalue weighted by molar-refractivity contribution is 8.00. The number of furan rings is 1. The van der Waals surface area contributed by atoms with Crippen molar-refractivity contribution in [2.45, 2.75) is 10.1 Å². The molecule has 3 aromatic rings. The molecule has 3 rings (SSSR count). The second kappa shape index (κ2) is 8.04. The summed E-state index contributed by atoms with van der Waals surface area (Å²) in [4.78, 5) is 11.6. The Balaban J connectivity index is 1.62. The van der Waals surface area contributed by atoms with Gasteiger partial charge in [0.25, 0.3) is 0 Å². The third-order valence-electron chi connectivity index (χ3n) is 3.20. The van der Waals surface area contributed by atoms with Gasteiger partial charge in [-0.25, -0.2) is 4.79 Å². The standard InChI is InChI=1S/C16H15N3O4S2/c1-21-12-5-3-4-11(8-12)17-15-18-19-16(25-15)24-9-10-6-7-23-13(10)14(20)22-2/h3-8H,9H2,1-2H3,(H,17,18). The van der Waals surface area contributed by atoms with Crippen molar-refractivity contribution in [1.29, 1.82) is 0 Å². The normalized spacial score (nSPS) is 10.5. The summed E-state index contributed by atoms with van der Waals surface area (Å²) in [5.74, 6) is 1.03. The van der Waals surface area contributed by atoms with Gasteiger partial charge in [-0.1, -0.05) is 29.2 Å². The maximum absolute atomic E-state index is 11.6. The largest absolute Gasteiger partial charge is 0.497 e. The molecule has 9 heteroatoms. The van der Waals surface area contributed by atoms with Crippen LogP contribution in [0.4, 0.5) is 10.8 Å². The van der Waals surface area contributed by atoms with E-state index in [0.717, 1.165) is 21.3 Å². The number of rotatable bonds is 7. The van der Waals surface area contributed by atoms with E-state index in [-0.39, 0.29) is 5.76 Å². The van der Waals surface area contributed by atoms with Crippen LogP contribution in [0.5, 0.6) is 5.75 Å². The lowest BCUT2D eigenvalue weighted by atomic mass is 10.3. The molecule has 0 aliphatic heterocycles. The molecule has 2 aromatic heterocycles. The highest BCUT2D eigenvalue weighted by atomic mass is 32.2. The molecule has 130 valence electrons. The molecule has 0 spiro atoms. The van der Waals surface area contributed by atoms with Gasteiger partial charge >= 0.3 is 5.97 Å². The van der Waals surface area contributed by atoms with Crippen LogP contribution >= 0.6 is 23.1 Å². The summed E-state index contributed by atoms with van der Waals surface area (Å²) in [6.45, 7) is 0. The fraction of sp³-hybridized carbons (Fsp3) is 0.188. The van der Waals surface area contributed by atoms with Crippen LogP contribution in [0.25, 0.3) is 0 Å². The Morgan fingerprint density at radius 3 is 3.00 bits per heavy atom. The van der Waals surface area contributed by atoms with E-state index in [4.69, 9.17) is 9.15 Å². The Hall–Kier alpha value is -2.52. The first-order chi connectivity index (χ1) is 12.2. The number of anilines is 2. The highest BCUT2D eigenvalue weighted by Crippen LogP contribution is 2.31. The molecule has 0 saturated carbocycles. The van der Waals surface area contributed by atoms with Crippen molar-refractivity contribution < 1.29 is 18.7 Å². The molecule has 1 aromatic carbocycles. The molecular weight excluding hydrogens is 362 g/mol. The topological polar surface area (TPSA) is 86.5 Å². The number of hydrogen-bond donors (Lipinski definition) is 1. The first-order valence-electron chi connectivity index (χ1n) is 7.21. The molecule has 0 unspecified atom stereocenters. The van der Waals surface area contributed by atoms with E-state index in [1.54, 1.807) is 13.2 Å². The number of nitrogens with one attached hydrogen (secondary N) is 1. The van der Waals surface area contributed by atoms with Crippen LogP contribution in [0, 0.1) is 0 Å². The summed E-state index contributed by atoms with van der Waals surface area (Å²) in [5, 5.41) is 12.1. The first-order valence-corrected chi connectivity index (χ1v) is 9.02. The number of thioether (sulfide) groups is 1. The zero-order valence-electron chi connectivity index (χ0n) is 13.5. The van der Waals surface area contributed by atoms with Crippen molar-refractivity contribution in [2.24, 2.45) is 0 Å². The van der Waals surface area contributed by atoms with Gasteiger partial charge in [-0.2, -0.15) is 0 Å². The van der Waals surface area contributed by atoms with Crippen LogP contribution in [0.15, 0.2) is 45.4 Å².